The van der Waals surface area contributed by atoms with Crippen molar-refractivity contribution in [3.05, 3.63) is 0 Å². The summed E-state index contributed by atoms with van der Waals surface area (Å²) in [5.41, 5.74) is 0.613. The van der Waals surface area contributed by atoms with E-state index in [1.807, 2.05) is 0 Å². The van der Waals surface area contributed by atoms with Gasteiger partial charge in [0.15, 0.2) is 0 Å². The fraction of sp³-hybridized carbons (Fsp3) is 0. The Labute approximate surface area is 61.3 Å². The molecule has 0 N–H and O–H groups in total. The van der Waals surface area contributed by atoms with Crippen LogP contribution in [0.3, 0.4) is 0 Å². The summed E-state index contributed by atoms with van der Waals surface area (Å²) in [6.07, 6.45) is 0. The van der Waals surface area contributed by atoms with E-state index in [1.54, 1.807) is 0 Å². The first kappa shape index (κ1) is 5.76. The molecule has 4 heterocycles. The Morgan fingerprint density at radius 3 is 1.43 bits per heavy atom. The fourth-order valence-corrected chi connectivity index (χ4v) is 516. The van der Waals surface area contributed by atoms with Gasteiger partial charge in [-0.2, -0.15) is 0 Å². The first-order chi connectivity index (χ1) is 3.45. The maximum absolute atomic E-state index is 2.53. The average molecular weight is 352 g/mol. The van der Waals surface area contributed by atoms with E-state index >= 15 is 0 Å². The Hall–Kier alpha value is 3.16. The van der Waals surface area contributed by atoms with Crippen molar-refractivity contribution in [2.24, 2.45) is 0 Å². The van der Waals surface area contributed by atoms with E-state index < -0.39 is 0 Å². The summed E-state index contributed by atoms with van der Waals surface area (Å²) >= 11 is 0. The van der Waals surface area contributed by atoms with Gasteiger partial charge in [-0.3, -0.25) is 0 Å². The molecule has 0 radical (unpaired) electrons. The second-order valence-electron chi connectivity index (χ2n) is 1.23. The van der Waals surface area contributed by atoms with Crippen LogP contribution in [0.2, 0.25) is 0 Å². The molecular weight excluding hydrogens is 352 g/mol. The molecule has 0 unspecified atom stereocenters. The van der Waals surface area contributed by atoms with E-state index in [0.29, 0.717) is 5.53 Å². The van der Waals surface area contributed by atoms with Crippen molar-refractivity contribution in [2.75, 3.05) is 0 Å². The van der Waals surface area contributed by atoms with Gasteiger partial charge < -0.3 is 0 Å². The Morgan fingerprint density at radius 1 is 0.857 bits per heavy atom. The number of rotatable bonds is 0. The summed E-state index contributed by atoms with van der Waals surface area (Å²) in [5, 5.41) is 0. The molecule has 0 aliphatic carbocycles. The van der Waals surface area contributed by atoms with E-state index in [4.69, 9.17) is 0 Å². The van der Waals surface area contributed by atoms with Crippen LogP contribution in [0.25, 0.3) is 0 Å². The molecule has 4 bridgehead atoms. The van der Waals surface area contributed by atoms with Crippen molar-refractivity contribution < 1.29 is 0 Å². The van der Waals surface area contributed by atoms with Gasteiger partial charge in [-0.15, -0.1) is 0 Å². The van der Waals surface area contributed by atoms with Gasteiger partial charge in [0.2, 0.25) is 0 Å². The molecular formula is As3PS3. The Kier molecular flexibility index (Phi) is 1.52. The summed E-state index contributed by atoms with van der Waals surface area (Å²) < 4.78 is 0. The topological polar surface area (TPSA) is 0 Å². The second kappa shape index (κ2) is 1.85. The predicted octanol–water partition coefficient (Wildman–Crippen LogP) is 1.66. The van der Waals surface area contributed by atoms with Crippen molar-refractivity contribution in [1.82, 2.24) is 0 Å². The van der Waals surface area contributed by atoms with Gasteiger partial charge in [0, 0.05) is 0 Å². The zero-order valence-corrected chi connectivity index (χ0v) is 12.0. The molecule has 0 spiro atoms. The number of hydrogen-bond acceptors (Lipinski definition) is 3. The maximum atomic E-state index is 2.53. The van der Waals surface area contributed by atoms with Crippen LogP contribution < -0.4 is 0 Å². The van der Waals surface area contributed by atoms with Crippen molar-refractivity contribution in [2.45, 2.75) is 0 Å². The van der Waals surface area contributed by atoms with Gasteiger partial charge in [0.1, 0.15) is 0 Å². The summed E-state index contributed by atoms with van der Waals surface area (Å²) in [6.45, 7) is 0. The molecule has 0 aromatic heterocycles. The monoisotopic (exact) mass is 352 g/mol. The van der Waals surface area contributed by atoms with Gasteiger partial charge >= 0.3 is 62.5 Å². The van der Waals surface area contributed by atoms with Gasteiger partial charge in [-0.1, -0.05) is 0 Å². The molecule has 0 saturated carbocycles. The first-order valence-electron chi connectivity index (χ1n) is 1.70. The summed E-state index contributed by atoms with van der Waals surface area (Å²) in [4.78, 5) is 0. The van der Waals surface area contributed by atoms with Crippen molar-refractivity contribution in [3.8, 4) is 0 Å². The fourth-order valence-electron chi connectivity index (χ4n) is 0.505. The third-order valence-electron chi connectivity index (χ3n) is 0.828. The Bertz CT molecular complexity index is 97.6. The second-order valence-corrected chi connectivity index (χ2v) is 94.8. The molecule has 4 rings (SSSR count). The first-order valence-corrected chi connectivity index (χ1v) is 29.7. The summed E-state index contributed by atoms with van der Waals surface area (Å²) in [5.74, 6) is 0. The Balaban J connectivity index is 2.17. The van der Waals surface area contributed by atoms with Crippen LogP contribution in [0, 0.1) is 0 Å². The minimum atomic E-state index is 0.202. The van der Waals surface area contributed by atoms with Crippen molar-refractivity contribution >= 4 is 62.5 Å². The molecule has 7 heavy (non-hydrogen) atoms. The summed E-state index contributed by atoms with van der Waals surface area (Å²) in [7, 11) is 8.21. The van der Waals surface area contributed by atoms with Crippen LogP contribution in [0.15, 0.2) is 0 Å². The standard InChI is InChI=1S/As3PS3/c5-1-2-3(1)7-4(5)6-2. The van der Waals surface area contributed by atoms with Crippen LogP contribution in [-0.4, -0.2) is 28.1 Å². The molecule has 38 valence electrons. The normalized spacial score (nSPS) is 72.0. The Morgan fingerprint density at radius 2 is 1.29 bits per heavy atom. The summed E-state index contributed by atoms with van der Waals surface area (Å²) in [6, 6.07) is 0. The quantitative estimate of drug-likeness (QED) is 0.481. The minimum absolute atomic E-state index is 0.202. The van der Waals surface area contributed by atoms with E-state index in [0.717, 1.165) is 0 Å². The van der Waals surface area contributed by atoms with Gasteiger partial charge in [-0.05, 0) is 0 Å². The van der Waals surface area contributed by atoms with E-state index in [1.165, 1.54) is 0 Å². The van der Waals surface area contributed by atoms with Crippen LogP contribution >= 0.6 is 34.5 Å². The van der Waals surface area contributed by atoms with Crippen molar-refractivity contribution in [1.29, 1.82) is 0 Å². The molecule has 0 atom stereocenters. The average Bonchev–Trinajstić information content (AvgIpc) is 2.10. The van der Waals surface area contributed by atoms with Gasteiger partial charge in [0.05, 0.1) is 0 Å². The molecule has 7 heteroatoms. The van der Waals surface area contributed by atoms with E-state index in [9.17, 15) is 0 Å². The van der Waals surface area contributed by atoms with E-state index in [2.05, 4.69) is 28.9 Å². The molecule has 0 nitrogen and oxygen atoms in total. The predicted molar refractivity (Wildman–Crippen MR) is 47.0 cm³/mol. The van der Waals surface area contributed by atoms with Crippen LogP contribution in [0.1, 0.15) is 0 Å². The molecule has 4 aliphatic rings. The molecule has 4 saturated heterocycles. The van der Waals surface area contributed by atoms with Crippen molar-refractivity contribution in [3.63, 3.8) is 0 Å². The molecule has 0 aromatic carbocycles. The number of hydrogen-bond donors (Lipinski definition) is 0. The third-order valence-corrected chi connectivity index (χ3v) is 210. The zero-order valence-electron chi connectivity index (χ0n) is 3.01. The molecule has 4 fully saturated rings. The van der Waals surface area contributed by atoms with Gasteiger partial charge in [0.25, 0.3) is 0 Å². The molecule has 0 aromatic rings. The third kappa shape index (κ3) is 0.741. The zero-order chi connectivity index (χ0) is 4.43. The van der Waals surface area contributed by atoms with E-state index in [-0.39, 0.29) is 28.1 Å². The van der Waals surface area contributed by atoms with Crippen LogP contribution in [-0.2, 0) is 0 Å². The van der Waals surface area contributed by atoms with Crippen LogP contribution in [0.5, 0.6) is 0 Å². The van der Waals surface area contributed by atoms with Crippen LogP contribution in [0.4, 0.5) is 0 Å². The SMILES string of the molecule is S1P2S[As]3[As]1[As]3S2. The molecule has 0 amide bonds. The molecule has 4 aliphatic heterocycles. The van der Waals surface area contributed by atoms with Gasteiger partial charge in [-0.25, -0.2) is 0 Å².